The number of hydrogen-bond acceptors (Lipinski definition) is 16. The molecular weight excluding hydrogens is 869 g/mol. The highest BCUT2D eigenvalue weighted by Gasteiger charge is 2.34. The van der Waals surface area contributed by atoms with Gasteiger partial charge in [-0.3, -0.25) is 24.0 Å². The van der Waals surface area contributed by atoms with Crippen LogP contribution in [-0.4, -0.2) is 210 Å². The van der Waals surface area contributed by atoms with Gasteiger partial charge in [0.15, 0.2) is 6.49 Å². The first kappa shape index (κ1) is 58.6. The van der Waals surface area contributed by atoms with Crippen LogP contribution in [0.3, 0.4) is 0 Å². The van der Waals surface area contributed by atoms with E-state index in [2.05, 4.69) is 21.3 Å². The largest absolute Gasteiger partial charge is 0.382 e. The minimum atomic E-state index is -2.99. The second-order valence-electron chi connectivity index (χ2n) is 14.8. The van der Waals surface area contributed by atoms with Crippen LogP contribution in [0, 0.1) is 5.92 Å². The molecule has 2 atom stereocenters. The van der Waals surface area contributed by atoms with Crippen molar-refractivity contribution in [1.29, 1.82) is 0 Å². The fourth-order valence-corrected chi connectivity index (χ4v) is 6.95. The lowest BCUT2D eigenvalue weighted by atomic mass is 9.86. The molecule has 1 saturated carbocycles. The zero-order valence-electron chi connectivity index (χ0n) is 38.1. The highest BCUT2D eigenvalue weighted by atomic mass is 32.5. The van der Waals surface area contributed by atoms with Crippen LogP contribution in [0.5, 0.6) is 0 Å². The molecule has 368 valence electrons. The number of ether oxygens (including phenoxy) is 9. The molecule has 0 bridgehead atoms. The summed E-state index contributed by atoms with van der Waals surface area (Å²) in [6, 6.07) is -1.33. The van der Waals surface area contributed by atoms with Crippen molar-refractivity contribution in [3.8, 4) is 0 Å². The van der Waals surface area contributed by atoms with Gasteiger partial charge < -0.3 is 78.2 Å². The Kier molecular flexibility index (Phi) is 35.1. The molecule has 0 aromatic heterocycles. The first-order valence-corrected chi connectivity index (χ1v) is 24.4. The lowest BCUT2D eigenvalue weighted by Crippen LogP contribution is -2.57. The van der Waals surface area contributed by atoms with E-state index in [1.165, 1.54) is 0 Å². The minimum absolute atomic E-state index is 0.0782. The molecule has 1 fully saturated rings. The van der Waals surface area contributed by atoms with Gasteiger partial charge in [0.2, 0.25) is 29.5 Å². The Morgan fingerprint density at radius 1 is 0.619 bits per heavy atom. The molecule has 2 unspecified atom stereocenters. The molecule has 0 aromatic rings. The summed E-state index contributed by atoms with van der Waals surface area (Å²) in [4.78, 5) is 78.9. The minimum Gasteiger partial charge on any atom is -0.382 e. The van der Waals surface area contributed by atoms with Crippen LogP contribution < -0.4 is 21.3 Å². The van der Waals surface area contributed by atoms with Crippen LogP contribution in [0.4, 0.5) is 0 Å². The van der Waals surface area contributed by atoms with Crippen LogP contribution in [0.1, 0.15) is 52.4 Å². The number of carbonyl (C=O) groups excluding carboxylic acids is 5. The molecule has 0 saturated heterocycles. The van der Waals surface area contributed by atoms with Gasteiger partial charge in [-0.1, -0.05) is 13.8 Å². The van der Waals surface area contributed by atoms with Gasteiger partial charge in [0.05, 0.1) is 98.6 Å². The average molecular weight is 946 g/mol. The average Bonchev–Trinajstić information content (AvgIpc) is 3.25. The number of methoxy groups -OCH3 is 3. The van der Waals surface area contributed by atoms with Crippen molar-refractivity contribution >= 4 is 47.8 Å². The second kappa shape index (κ2) is 37.7. The number of carbonyl (C=O) groups is 5. The molecule has 0 aromatic carbocycles. The Balaban J connectivity index is 3.02. The topological polar surface area (TPSA) is 249 Å². The monoisotopic (exact) mass is 945 g/mol. The maximum absolute atomic E-state index is 14.3. The molecule has 63 heavy (non-hydrogen) atoms. The first-order chi connectivity index (χ1) is 30.3. The second-order valence-corrected chi connectivity index (χ2v) is 18.7. The van der Waals surface area contributed by atoms with E-state index in [0.717, 1.165) is 4.90 Å². The van der Waals surface area contributed by atoms with E-state index in [4.69, 9.17) is 59.0 Å². The van der Waals surface area contributed by atoms with Gasteiger partial charge >= 0.3 is 0 Å². The van der Waals surface area contributed by atoms with Gasteiger partial charge in [0.1, 0.15) is 19.1 Å². The normalized spacial score (nSPS) is 16.6. The Hall–Kier alpha value is -2.44. The summed E-state index contributed by atoms with van der Waals surface area (Å²) in [5, 5.41) is 10.9. The van der Waals surface area contributed by atoms with Crippen LogP contribution in [0.15, 0.2) is 0 Å². The quantitative estimate of drug-likeness (QED) is 0.0393. The Morgan fingerprint density at radius 3 is 1.49 bits per heavy atom. The highest BCUT2D eigenvalue weighted by molar-refractivity contribution is 8.09. The number of amides is 5. The molecule has 1 aliphatic rings. The lowest BCUT2D eigenvalue weighted by Gasteiger charge is -2.33. The third-order valence-corrected chi connectivity index (χ3v) is 12.8. The summed E-state index contributed by atoms with van der Waals surface area (Å²) in [5.74, 6) is -3.23. The number of nitrogens with one attached hydrogen (secondary N) is 4. The summed E-state index contributed by atoms with van der Waals surface area (Å²) in [6.07, 6.45) is 1.93. The van der Waals surface area contributed by atoms with Gasteiger partial charge in [0, 0.05) is 65.6 Å². The molecule has 1 aliphatic carbocycles. The van der Waals surface area contributed by atoms with E-state index < -0.39 is 55.2 Å². The van der Waals surface area contributed by atoms with Crippen LogP contribution in [0.2, 0.25) is 0 Å². The number of nitrogens with zero attached hydrogens (tertiary/aromatic N) is 1. The van der Waals surface area contributed by atoms with Gasteiger partial charge in [-0.15, -0.1) is 0 Å². The van der Waals surface area contributed by atoms with E-state index in [-0.39, 0.29) is 56.9 Å². The van der Waals surface area contributed by atoms with E-state index >= 15 is 0 Å². The zero-order valence-corrected chi connectivity index (χ0v) is 39.8. The van der Waals surface area contributed by atoms with Gasteiger partial charge in [-0.25, -0.2) is 0 Å². The maximum atomic E-state index is 14.3. The molecule has 0 heterocycles. The summed E-state index contributed by atoms with van der Waals surface area (Å²) in [6.45, 7) is 4.82. The Labute approximate surface area is 378 Å². The molecule has 23 heteroatoms. The van der Waals surface area contributed by atoms with Crippen molar-refractivity contribution in [2.24, 2.45) is 5.92 Å². The smallest absolute Gasteiger partial charge is 0.247 e. The molecule has 5 amide bonds. The van der Waals surface area contributed by atoms with Crippen LogP contribution in [-0.2, 0) is 82.9 Å². The maximum Gasteiger partial charge on any atom is 0.247 e. The van der Waals surface area contributed by atoms with Gasteiger partial charge in [0.25, 0.3) is 0 Å². The Morgan fingerprint density at radius 2 is 1.05 bits per heavy atom. The summed E-state index contributed by atoms with van der Waals surface area (Å²) < 4.78 is 53.3. The fraction of sp³-hybridized carbons (Fsp3) is 0.875. The SMILES string of the molecule is COCCOCCOCCCC(=O)NCC(NC(=O)C1CCC(OP(O)(=S)C(C)C)CC1)C(=O)N(CC(=O)NCCOCCOCCOC)CC(=O)NCCOCCOCCOC. The summed E-state index contributed by atoms with van der Waals surface area (Å²) in [7, 11) is 4.73. The number of rotatable bonds is 40. The molecule has 0 spiro atoms. The van der Waals surface area contributed by atoms with Crippen molar-refractivity contribution in [3.63, 3.8) is 0 Å². The van der Waals surface area contributed by atoms with E-state index in [9.17, 15) is 28.9 Å². The van der Waals surface area contributed by atoms with Crippen LogP contribution >= 0.6 is 6.49 Å². The molecular formula is C40H76N5O16PS. The molecule has 1 rings (SSSR count). The van der Waals surface area contributed by atoms with Gasteiger partial charge in [-0.05, 0) is 43.9 Å². The van der Waals surface area contributed by atoms with Crippen molar-refractivity contribution in [2.45, 2.75) is 70.2 Å². The third kappa shape index (κ3) is 30.4. The predicted octanol–water partition coefficient (Wildman–Crippen LogP) is -0.247. The summed E-state index contributed by atoms with van der Waals surface area (Å²) in [5.41, 5.74) is -0.212. The third-order valence-electron chi connectivity index (χ3n) is 9.34. The van der Waals surface area contributed by atoms with E-state index in [0.29, 0.717) is 118 Å². The van der Waals surface area contributed by atoms with Crippen LogP contribution in [0.25, 0.3) is 0 Å². The summed E-state index contributed by atoms with van der Waals surface area (Å²) >= 11 is 5.31. The Bertz CT molecular complexity index is 1260. The molecule has 21 nitrogen and oxygen atoms in total. The highest BCUT2D eigenvalue weighted by Crippen LogP contribution is 2.50. The standard InChI is InChI=1S/C40H76N5O16PS/c1-32(2)62(51,63)61-34-10-8-33(9-11-34)39(49)44-35(29-43-36(46)7-6-14-55-23-26-58-20-17-52-3)40(50)45(30-37(47)41-12-15-56-24-27-59-21-18-53-4)31-38(48)42-13-16-57-25-28-60-22-19-54-5/h32-35H,6-31H2,1-5H3,(H,41,47)(H,42,48)(H,43,46)(H,44,49)(H,51,63). The predicted molar refractivity (Wildman–Crippen MR) is 236 cm³/mol. The first-order valence-electron chi connectivity index (χ1n) is 21.7. The zero-order chi connectivity index (χ0) is 46.6. The van der Waals surface area contributed by atoms with E-state index in [1.54, 1.807) is 35.2 Å². The lowest BCUT2D eigenvalue weighted by molar-refractivity contribution is -0.142. The number of hydrogen-bond donors (Lipinski definition) is 5. The van der Waals surface area contributed by atoms with Crippen molar-refractivity contribution < 1.29 is 76.0 Å². The molecule has 0 aliphatic heterocycles. The fourth-order valence-electron chi connectivity index (χ4n) is 5.70. The van der Waals surface area contributed by atoms with E-state index in [1.807, 2.05) is 0 Å². The molecule has 5 N–H and O–H groups in total. The van der Waals surface area contributed by atoms with Crippen molar-refractivity contribution in [2.75, 3.05) is 153 Å². The van der Waals surface area contributed by atoms with Crippen molar-refractivity contribution in [1.82, 2.24) is 26.2 Å². The molecule has 0 radical (unpaired) electrons. The van der Waals surface area contributed by atoms with Crippen molar-refractivity contribution in [3.05, 3.63) is 0 Å². The van der Waals surface area contributed by atoms with Gasteiger partial charge in [-0.2, -0.15) is 0 Å².